The van der Waals surface area contributed by atoms with Gasteiger partial charge in [0, 0.05) is 12.1 Å². The summed E-state index contributed by atoms with van der Waals surface area (Å²) in [7, 11) is 0. The zero-order chi connectivity index (χ0) is 20.0. The summed E-state index contributed by atoms with van der Waals surface area (Å²) in [5, 5.41) is 0. The Morgan fingerprint density at radius 2 is 1.56 bits per heavy atom. The van der Waals surface area contributed by atoms with Crippen molar-refractivity contribution < 1.29 is 31.1 Å². The standard InChI is InChI=1S/C19H15F6NO/c1-11-4-2-5-12-6-3-7-26(16(11)12)17(27)13-8-14(18(20,21)22)10-15(9-13)19(23,24)25/h2,4-5,8-10H,3,6-7H2,1H3. The highest BCUT2D eigenvalue weighted by Crippen LogP contribution is 2.38. The minimum Gasteiger partial charge on any atom is -0.308 e. The van der Waals surface area contributed by atoms with E-state index in [2.05, 4.69) is 0 Å². The van der Waals surface area contributed by atoms with E-state index in [-0.39, 0.29) is 12.6 Å². The van der Waals surface area contributed by atoms with Gasteiger partial charge >= 0.3 is 12.4 Å². The van der Waals surface area contributed by atoms with Crippen LogP contribution in [0.3, 0.4) is 0 Å². The van der Waals surface area contributed by atoms with Crippen LogP contribution in [0.2, 0.25) is 0 Å². The highest BCUT2D eigenvalue weighted by Gasteiger charge is 2.38. The smallest absolute Gasteiger partial charge is 0.308 e. The molecular weight excluding hydrogens is 372 g/mol. The van der Waals surface area contributed by atoms with Crippen molar-refractivity contribution in [1.29, 1.82) is 0 Å². The number of nitrogens with zero attached hydrogens (tertiary/aromatic N) is 1. The summed E-state index contributed by atoms with van der Waals surface area (Å²) < 4.78 is 78.3. The third kappa shape index (κ3) is 3.79. The van der Waals surface area contributed by atoms with Crippen LogP contribution in [0.1, 0.15) is 39.0 Å². The lowest BCUT2D eigenvalue weighted by atomic mass is 9.96. The summed E-state index contributed by atoms with van der Waals surface area (Å²) in [4.78, 5) is 14.1. The van der Waals surface area contributed by atoms with Crippen LogP contribution in [0, 0.1) is 6.92 Å². The molecular formula is C19H15F6NO. The summed E-state index contributed by atoms with van der Waals surface area (Å²) in [5.41, 5.74) is -1.49. The fourth-order valence-corrected chi connectivity index (χ4v) is 3.28. The SMILES string of the molecule is Cc1cccc2c1N(C(=O)c1cc(C(F)(F)F)cc(C(F)(F)F)c1)CCC2. The molecule has 0 spiro atoms. The molecule has 0 aliphatic carbocycles. The lowest BCUT2D eigenvalue weighted by Gasteiger charge is -2.31. The second-order valence-corrected chi connectivity index (χ2v) is 6.44. The Morgan fingerprint density at radius 1 is 0.963 bits per heavy atom. The van der Waals surface area contributed by atoms with Gasteiger partial charge in [0.05, 0.1) is 16.8 Å². The van der Waals surface area contributed by atoms with E-state index in [1.807, 2.05) is 0 Å². The number of alkyl halides is 6. The van der Waals surface area contributed by atoms with Crippen LogP contribution in [0.25, 0.3) is 0 Å². The van der Waals surface area contributed by atoms with Crippen LogP contribution in [-0.2, 0) is 18.8 Å². The average Bonchev–Trinajstić information content (AvgIpc) is 2.59. The Balaban J connectivity index is 2.11. The number of halogens is 6. The summed E-state index contributed by atoms with van der Waals surface area (Å²) >= 11 is 0. The molecule has 1 amide bonds. The molecule has 2 nitrogen and oxygen atoms in total. The summed E-state index contributed by atoms with van der Waals surface area (Å²) in [6.45, 7) is 1.98. The average molecular weight is 387 g/mol. The summed E-state index contributed by atoms with van der Waals surface area (Å²) in [6, 6.07) is 6.32. The molecule has 2 aromatic carbocycles. The number of hydrogen-bond acceptors (Lipinski definition) is 1. The molecule has 0 unspecified atom stereocenters. The highest BCUT2D eigenvalue weighted by molar-refractivity contribution is 6.07. The minimum absolute atomic E-state index is 0.0200. The lowest BCUT2D eigenvalue weighted by Crippen LogP contribution is -2.36. The summed E-state index contributed by atoms with van der Waals surface area (Å²) in [6.07, 6.45) is -8.72. The van der Waals surface area contributed by atoms with Gasteiger partial charge in [0.2, 0.25) is 0 Å². The van der Waals surface area contributed by atoms with Crippen molar-refractivity contribution >= 4 is 11.6 Å². The molecule has 0 atom stereocenters. The van der Waals surface area contributed by atoms with Crippen LogP contribution in [0.4, 0.5) is 32.0 Å². The van der Waals surface area contributed by atoms with E-state index in [0.717, 1.165) is 11.1 Å². The molecule has 27 heavy (non-hydrogen) atoms. The molecule has 1 aliphatic heterocycles. The van der Waals surface area contributed by atoms with E-state index in [4.69, 9.17) is 0 Å². The fourth-order valence-electron chi connectivity index (χ4n) is 3.28. The van der Waals surface area contributed by atoms with E-state index in [9.17, 15) is 31.1 Å². The topological polar surface area (TPSA) is 20.3 Å². The largest absolute Gasteiger partial charge is 0.416 e. The number of anilines is 1. The Morgan fingerprint density at radius 3 is 2.11 bits per heavy atom. The van der Waals surface area contributed by atoms with E-state index in [1.165, 1.54) is 4.90 Å². The van der Waals surface area contributed by atoms with Crippen molar-refractivity contribution in [2.24, 2.45) is 0 Å². The van der Waals surface area contributed by atoms with E-state index < -0.39 is 35.0 Å². The monoisotopic (exact) mass is 387 g/mol. The van der Waals surface area contributed by atoms with E-state index in [0.29, 0.717) is 30.7 Å². The molecule has 0 bridgehead atoms. The van der Waals surface area contributed by atoms with Crippen molar-refractivity contribution in [2.45, 2.75) is 32.1 Å². The molecule has 0 radical (unpaired) electrons. The van der Waals surface area contributed by atoms with Crippen molar-refractivity contribution in [2.75, 3.05) is 11.4 Å². The maximum Gasteiger partial charge on any atom is 0.416 e. The molecule has 1 heterocycles. The fraction of sp³-hybridized carbons (Fsp3) is 0.316. The summed E-state index contributed by atoms with van der Waals surface area (Å²) in [5.74, 6) is -0.873. The number of para-hydroxylation sites is 1. The quantitative estimate of drug-likeness (QED) is 0.581. The highest BCUT2D eigenvalue weighted by atomic mass is 19.4. The van der Waals surface area contributed by atoms with Gasteiger partial charge in [-0.25, -0.2) is 0 Å². The number of rotatable bonds is 1. The Kier molecular flexibility index (Phi) is 4.69. The first-order chi connectivity index (χ1) is 12.5. The van der Waals surface area contributed by atoms with Gasteiger partial charge in [0.15, 0.2) is 0 Å². The predicted molar refractivity (Wildman–Crippen MR) is 87.6 cm³/mol. The van der Waals surface area contributed by atoms with E-state index in [1.54, 1.807) is 25.1 Å². The van der Waals surface area contributed by atoms with Crippen LogP contribution in [0.5, 0.6) is 0 Å². The number of carbonyl (C=O) groups is 1. The first-order valence-electron chi connectivity index (χ1n) is 8.18. The number of amides is 1. The number of carbonyl (C=O) groups excluding carboxylic acids is 1. The van der Waals surface area contributed by atoms with Crippen LogP contribution < -0.4 is 4.90 Å². The van der Waals surface area contributed by atoms with Crippen molar-refractivity contribution in [3.8, 4) is 0 Å². The normalized spacial score (nSPS) is 14.9. The minimum atomic E-state index is -4.99. The van der Waals surface area contributed by atoms with Gasteiger partial charge < -0.3 is 4.90 Å². The molecule has 0 fully saturated rings. The number of hydrogen-bond donors (Lipinski definition) is 0. The van der Waals surface area contributed by atoms with Crippen LogP contribution in [0.15, 0.2) is 36.4 Å². The van der Waals surface area contributed by atoms with Gasteiger partial charge in [-0.1, -0.05) is 18.2 Å². The molecule has 1 aliphatic rings. The molecule has 8 heteroatoms. The Hall–Kier alpha value is -2.51. The Labute approximate surface area is 151 Å². The predicted octanol–water partition coefficient (Wildman–Crippen LogP) is 5.63. The van der Waals surface area contributed by atoms with Gasteiger partial charge in [-0.15, -0.1) is 0 Å². The van der Waals surface area contributed by atoms with Crippen molar-refractivity contribution in [3.63, 3.8) is 0 Å². The number of aryl methyl sites for hydroxylation is 2. The van der Waals surface area contributed by atoms with Crippen LogP contribution >= 0.6 is 0 Å². The Bertz CT molecular complexity index is 852. The van der Waals surface area contributed by atoms with Gasteiger partial charge in [-0.2, -0.15) is 26.3 Å². The lowest BCUT2D eigenvalue weighted by molar-refractivity contribution is -0.143. The molecule has 0 aromatic heterocycles. The number of fused-ring (bicyclic) bond motifs is 1. The van der Waals surface area contributed by atoms with Crippen LogP contribution in [-0.4, -0.2) is 12.5 Å². The van der Waals surface area contributed by atoms with Gasteiger partial charge in [0.1, 0.15) is 0 Å². The molecule has 0 N–H and O–H groups in total. The van der Waals surface area contributed by atoms with Gasteiger partial charge in [-0.3, -0.25) is 4.79 Å². The molecule has 3 rings (SSSR count). The van der Waals surface area contributed by atoms with Crippen molar-refractivity contribution in [3.05, 3.63) is 64.2 Å². The van der Waals surface area contributed by atoms with Gasteiger partial charge in [0.25, 0.3) is 5.91 Å². The maximum atomic E-state index is 13.1. The molecule has 0 saturated heterocycles. The molecule has 0 saturated carbocycles. The second-order valence-electron chi connectivity index (χ2n) is 6.44. The molecule has 2 aromatic rings. The molecule has 144 valence electrons. The maximum absolute atomic E-state index is 13.1. The second kappa shape index (κ2) is 6.58. The third-order valence-corrected chi connectivity index (χ3v) is 4.50. The van der Waals surface area contributed by atoms with E-state index >= 15 is 0 Å². The first kappa shape index (κ1) is 19.3. The van der Waals surface area contributed by atoms with Crippen molar-refractivity contribution in [1.82, 2.24) is 0 Å². The zero-order valence-corrected chi connectivity index (χ0v) is 14.2. The third-order valence-electron chi connectivity index (χ3n) is 4.50. The number of benzene rings is 2. The first-order valence-corrected chi connectivity index (χ1v) is 8.18. The zero-order valence-electron chi connectivity index (χ0n) is 14.2. The van der Waals surface area contributed by atoms with Gasteiger partial charge in [-0.05, 0) is 49.1 Å².